The van der Waals surface area contributed by atoms with Crippen molar-refractivity contribution in [2.45, 2.75) is 18.4 Å². The molecule has 160 valence electrons. The second-order valence-electron chi connectivity index (χ2n) is 7.82. The lowest BCUT2D eigenvalue weighted by atomic mass is 10.1. The number of aromatic nitrogens is 2. The van der Waals surface area contributed by atoms with Crippen LogP contribution in [-0.4, -0.2) is 53.8 Å². The minimum atomic E-state index is -3.62. The van der Waals surface area contributed by atoms with Crippen LogP contribution in [0.25, 0.3) is 22.0 Å². The van der Waals surface area contributed by atoms with Crippen molar-refractivity contribution in [3.63, 3.8) is 0 Å². The fourth-order valence-electron chi connectivity index (χ4n) is 4.12. The summed E-state index contributed by atoms with van der Waals surface area (Å²) in [5, 5.41) is 1.51. The van der Waals surface area contributed by atoms with Crippen molar-refractivity contribution in [2.75, 3.05) is 26.2 Å². The molecule has 1 aromatic carbocycles. The number of aromatic amines is 1. The van der Waals surface area contributed by atoms with Crippen molar-refractivity contribution in [3.8, 4) is 0 Å². The molecule has 0 unspecified atom stereocenters. The summed E-state index contributed by atoms with van der Waals surface area (Å²) >= 11 is 0. The van der Waals surface area contributed by atoms with Crippen LogP contribution in [0.2, 0.25) is 0 Å². The molecule has 0 radical (unpaired) electrons. The number of hydrogen-bond acceptors (Lipinski definition) is 6. The Balaban J connectivity index is 1.34. The van der Waals surface area contributed by atoms with Gasteiger partial charge in [0.25, 0.3) is 0 Å². The highest BCUT2D eigenvalue weighted by atomic mass is 32.2. The Morgan fingerprint density at radius 1 is 1.10 bits per heavy atom. The van der Waals surface area contributed by atoms with E-state index in [1.165, 1.54) is 16.6 Å². The van der Waals surface area contributed by atoms with E-state index in [1.807, 2.05) is 25.1 Å². The third-order valence-corrected chi connectivity index (χ3v) is 7.68. The molecule has 8 nitrogen and oxygen atoms in total. The Morgan fingerprint density at radius 3 is 2.71 bits per heavy atom. The maximum atomic E-state index is 13.2. The maximum Gasteiger partial charge on any atom is 0.336 e. The molecule has 0 aliphatic carbocycles. The number of nitrogens with one attached hydrogen (secondary N) is 1. The molecule has 1 aliphatic heterocycles. The molecule has 1 fully saturated rings. The van der Waals surface area contributed by atoms with E-state index in [0.717, 1.165) is 16.5 Å². The number of fused-ring (bicyclic) bond motifs is 2. The van der Waals surface area contributed by atoms with Crippen LogP contribution >= 0.6 is 0 Å². The molecule has 0 bridgehead atoms. The summed E-state index contributed by atoms with van der Waals surface area (Å²) in [5.41, 5.74) is 2.69. The fourth-order valence-corrected chi connectivity index (χ4v) is 5.69. The first kappa shape index (κ1) is 19.9. The molecule has 0 atom stereocenters. The smallest absolute Gasteiger partial charge is 0.336 e. The molecule has 4 heterocycles. The van der Waals surface area contributed by atoms with Gasteiger partial charge >= 0.3 is 5.63 Å². The van der Waals surface area contributed by atoms with Gasteiger partial charge in [-0.2, -0.15) is 4.31 Å². The Hall–Kier alpha value is -3.01. The van der Waals surface area contributed by atoms with Crippen molar-refractivity contribution >= 4 is 32.0 Å². The zero-order chi connectivity index (χ0) is 21.6. The molecular weight excluding hydrogens is 416 g/mol. The van der Waals surface area contributed by atoms with Crippen molar-refractivity contribution in [1.82, 2.24) is 19.2 Å². The molecule has 3 aromatic heterocycles. The van der Waals surface area contributed by atoms with Crippen LogP contribution in [-0.2, 0) is 16.6 Å². The minimum Gasteiger partial charge on any atom is -0.423 e. The van der Waals surface area contributed by atoms with Crippen LogP contribution in [0.3, 0.4) is 0 Å². The molecule has 0 spiro atoms. The van der Waals surface area contributed by atoms with Gasteiger partial charge in [-0.1, -0.05) is 12.1 Å². The average Bonchev–Trinajstić information content (AvgIpc) is 3.19. The van der Waals surface area contributed by atoms with Gasteiger partial charge in [-0.3, -0.25) is 4.90 Å². The number of pyridine rings is 1. The van der Waals surface area contributed by atoms with Crippen LogP contribution in [0.5, 0.6) is 0 Å². The monoisotopic (exact) mass is 438 g/mol. The van der Waals surface area contributed by atoms with Crippen molar-refractivity contribution in [1.29, 1.82) is 0 Å². The van der Waals surface area contributed by atoms with E-state index >= 15 is 0 Å². The normalized spacial score (nSPS) is 16.3. The Labute approximate surface area is 179 Å². The lowest BCUT2D eigenvalue weighted by molar-refractivity contribution is 0.182. The predicted octanol–water partition coefficient (Wildman–Crippen LogP) is 2.48. The number of rotatable bonds is 4. The van der Waals surface area contributed by atoms with Crippen LogP contribution < -0.4 is 5.63 Å². The van der Waals surface area contributed by atoms with E-state index in [9.17, 15) is 13.2 Å². The van der Waals surface area contributed by atoms with E-state index in [-0.39, 0.29) is 10.5 Å². The van der Waals surface area contributed by atoms with Crippen LogP contribution in [0.15, 0.2) is 62.9 Å². The number of sulfonamides is 1. The molecule has 0 amide bonds. The Morgan fingerprint density at radius 2 is 1.90 bits per heavy atom. The van der Waals surface area contributed by atoms with Gasteiger partial charge < -0.3 is 9.40 Å². The van der Waals surface area contributed by atoms with Crippen molar-refractivity contribution < 1.29 is 12.8 Å². The van der Waals surface area contributed by atoms with Crippen LogP contribution in [0.1, 0.15) is 11.1 Å². The van der Waals surface area contributed by atoms with E-state index < -0.39 is 10.0 Å². The Bertz CT molecular complexity index is 1430. The molecule has 1 aliphatic rings. The van der Waals surface area contributed by atoms with E-state index in [0.29, 0.717) is 49.3 Å². The SMILES string of the molecule is Cc1ccc2c(CN3CCN(S(=O)(=O)c4c[nH]c5ncccc45)CC3)cc(=O)oc2c1. The van der Waals surface area contributed by atoms with E-state index in [4.69, 9.17) is 4.42 Å². The second-order valence-corrected chi connectivity index (χ2v) is 9.73. The predicted molar refractivity (Wildman–Crippen MR) is 117 cm³/mol. The summed E-state index contributed by atoms with van der Waals surface area (Å²) in [6.07, 6.45) is 3.14. The quantitative estimate of drug-likeness (QED) is 0.492. The molecule has 1 saturated heterocycles. The maximum absolute atomic E-state index is 13.2. The summed E-state index contributed by atoms with van der Waals surface area (Å²) in [5.74, 6) is 0. The standard InChI is InChI=1S/C22H22N4O4S/c1-15-4-5-17-16(12-21(27)30-19(17)11-15)14-25-7-9-26(10-8-25)31(28,29)20-13-24-22-18(20)3-2-6-23-22/h2-6,11-13H,7-10,14H2,1H3,(H,23,24). The second kappa shape index (κ2) is 7.60. The zero-order valence-corrected chi connectivity index (χ0v) is 17.9. The summed E-state index contributed by atoms with van der Waals surface area (Å²) in [7, 11) is -3.62. The highest BCUT2D eigenvalue weighted by molar-refractivity contribution is 7.89. The minimum absolute atomic E-state index is 0.256. The Kier molecular flexibility index (Phi) is 4.88. The molecule has 31 heavy (non-hydrogen) atoms. The molecule has 5 rings (SSSR count). The summed E-state index contributed by atoms with van der Waals surface area (Å²) in [6, 6.07) is 10.8. The first-order valence-electron chi connectivity index (χ1n) is 10.1. The molecule has 0 saturated carbocycles. The molecular formula is C22H22N4O4S. The van der Waals surface area contributed by atoms with Gasteiger partial charge in [0.05, 0.1) is 0 Å². The van der Waals surface area contributed by atoms with Crippen LogP contribution in [0.4, 0.5) is 0 Å². The van der Waals surface area contributed by atoms with Gasteiger partial charge in [-0.15, -0.1) is 0 Å². The summed E-state index contributed by atoms with van der Waals surface area (Å²) in [6.45, 7) is 4.44. The third kappa shape index (κ3) is 3.65. The first-order chi connectivity index (χ1) is 14.9. The first-order valence-corrected chi connectivity index (χ1v) is 11.5. The van der Waals surface area contributed by atoms with Gasteiger partial charge in [0.15, 0.2) is 0 Å². The molecule has 4 aromatic rings. The largest absolute Gasteiger partial charge is 0.423 e. The number of hydrogen-bond donors (Lipinski definition) is 1. The van der Waals surface area contributed by atoms with Gasteiger partial charge in [0, 0.05) is 62.0 Å². The van der Waals surface area contributed by atoms with Gasteiger partial charge in [0.1, 0.15) is 16.1 Å². The van der Waals surface area contributed by atoms with E-state index in [2.05, 4.69) is 14.9 Å². The fraction of sp³-hybridized carbons (Fsp3) is 0.273. The van der Waals surface area contributed by atoms with Gasteiger partial charge in [-0.25, -0.2) is 18.2 Å². The zero-order valence-electron chi connectivity index (χ0n) is 17.0. The number of nitrogens with zero attached hydrogens (tertiary/aromatic N) is 3. The molecule has 9 heteroatoms. The molecule has 1 N–H and O–H groups in total. The van der Waals surface area contributed by atoms with Gasteiger partial charge in [0.2, 0.25) is 10.0 Å². The highest BCUT2D eigenvalue weighted by Gasteiger charge is 2.30. The lowest BCUT2D eigenvalue weighted by Gasteiger charge is -2.34. The summed E-state index contributed by atoms with van der Waals surface area (Å²) in [4.78, 5) is 21.5. The third-order valence-electron chi connectivity index (χ3n) is 5.74. The number of aryl methyl sites for hydroxylation is 1. The van der Waals surface area contributed by atoms with Crippen LogP contribution in [0, 0.1) is 6.92 Å². The number of H-pyrrole nitrogens is 1. The van der Waals surface area contributed by atoms with E-state index in [1.54, 1.807) is 18.3 Å². The van der Waals surface area contributed by atoms with Crippen molar-refractivity contribution in [3.05, 3.63) is 70.3 Å². The lowest BCUT2D eigenvalue weighted by Crippen LogP contribution is -2.48. The highest BCUT2D eigenvalue weighted by Crippen LogP contribution is 2.26. The number of benzene rings is 1. The van der Waals surface area contributed by atoms with Crippen molar-refractivity contribution in [2.24, 2.45) is 0 Å². The topological polar surface area (TPSA) is 99.5 Å². The average molecular weight is 439 g/mol. The van der Waals surface area contributed by atoms with Gasteiger partial charge in [-0.05, 0) is 36.2 Å². The summed E-state index contributed by atoms with van der Waals surface area (Å²) < 4.78 is 33.2. The number of piperazine rings is 1.